The van der Waals surface area contributed by atoms with Crippen LogP contribution >= 0.6 is 15.9 Å². The van der Waals surface area contributed by atoms with Gasteiger partial charge in [0.1, 0.15) is 5.76 Å². The maximum absolute atomic E-state index is 5.60. The summed E-state index contributed by atoms with van der Waals surface area (Å²) in [6, 6.07) is 3.95. The summed E-state index contributed by atoms with van der Waals surface area (Å²) in [6.45, 7) is 3.61. The smallest absolute Gasteiger partial charge is 0.173 e. The first kappa shape index (κ1) is 15.0. The number of aromatic nitrogens is 2. The van der Waals surface area contributed by atoms with Crippen LogP contribution in [-0.2, 0) is 19.5 Å². The van der Waals surface area contributed by atoms with Crippen LogP contribution in [0.4, 0.5) is 0 Å². The zero-order chi connectivity index (χ0) is 15.6. The first-order chi connectivity index (χ1) is 11.3. The van der Waals surface area contributed by atoms with Gasteiger partial charge in [0.15, 0.2) is 10.5 Å². The fourth-order valence-corrected chi connectivity index (χ4v) is 3.53. The van der Waals surface area contributed by atoms with Gasteiger partial charge < -0.3 is 4.42 Å². The lowest BCUT2D eigenvalue weighted by molar-refractivity contribution is 0.222. The Kier molecular flexibility index (Phi) is 4.27. The number of halogens is 1. The maximum atomic E-state index is 5.60. The van der Waals surface area contributed by atoms with Crippen LogP contribution in [-0.4, -0.2) is 33.7 Å². The average molecular weight is 375 g/mol. The maximum Gasteiger partial charge on any atom is 0.173 e. The Morgan fingerprint density at radius 3 is 2.96 bits per heavy atom. The highest BCUT2D eigenvalue weighted by atomic mass is 79.9. The molecular weight excluding hydrogens is 356 g/mol. The molecule has 2 aliphatic heterocycles. The van der Waals surface area contributed by atoms with Gasteiger partial charge in [0.25, 0.3) is 0 Å². The molecule has 0 aliphatic carbocycles. The van der Waals surface area contributed by atoms with Gasteiger partial charge in [-0.05, 0) is 47.3 Å². The monoisotopic (exact) mass is 374 g/mol. The minimum atomic E-state index is 0.783. The van der Waals surface area contributed by atoms with Gasteiger partial charge in [-0.25, -0.2) is 9.97 Å². The molecule has 0 spiro atoms. The van der Waals surface area contributed by atoms with E-state index in [1.54, 1.807) is 0 Å². The summed E-state index contributed by atoms with van der Waals surface area (Å²) in [5, 5.41) is 0. The molecule has 120 valence electrons. The van der Waals surface area contributed by atoms with E-state index in [0.717, 1.165) is 61.0 Å². The molecule has 4 heterocycles. The van der Waals surface area contributed by atoms with Gasteiger partial charge in [-0.15, -0.1) is 0 Å². The quantitative estimate of drug-likeness (QED) is 0.826. The van der Waals surface area contributed by atoms with Crippen molar-refractivity contribution in [3.05, 3.63) is 45.8 Å². The predicted molar refractivity (Wildman–Crippen MR) is 91.5 cm³/mol. The van der Waals surface area contributed by atoms with Crippen molar-refractivity contribution in [2.24, 2.45) is 4.99 Å². The van der Waals surface area contributed by atoms with E-state index >= 15 is 0 Å². The summed E-state index contributed by atoms with van der Waals surface area (Å²) in [4.78, 5) is 16.3. The van der Waals surface area contributed by atoms with E-state index in [-0.39, 0.29) is 0 Å². The zero-order valence-corrected chi connectivity index (χ0v) is 14.5. The molecule has 0 radical (unpaired) electrons. The molecule has 0 amide bonds. The van der Waals surface area contributed by atoms with Gasteiger partial charge >= 0.3 is 0 Å². The third-order valence-electron chi connectivity index (χ3n) is 4.40. The molecule has 5 nitrogen and oxygen atoms in total. The second-order valence-corrected chi connectivity index (χ2v) is 6.90. The van der Waals surface area contributed by atoms with Gasteiger partial charge in [0.05, 0.1) is 18.0 Å². The summed E-state index contributed by atoms with van der Waals surface area (Å²) in [6.07, 6.45) is 6.34. The van der Waals surface area contributed by atoms with Gasteiger partial charge in [-0.3, -0.25) is 9.89 Å². The number of rotatable bonds is 3. The number of hydrogen-bond donors (Lipinski definition) is 0. The van der Waals surface area contributed by atoms with Crippen molar-refractivity contribution in [2.45, 2.75) is 38.8 Å². The number of fused-ring (bicyclic) bond motifs is 1. The summed E-state index contributed by atoms with van der Waals surface area (Å²) in [5.74, 6) is 1.82. The third-order valence-corrected chi connectivity index (χ3v) is 4.83. The van der Waals surface area contributed by atoms with Crippen molar-refractivity contribution in [1.82, 2.24) is 14.9 Å². The topological polar surface area (TPSA) is 54.5 Å². The zero-order valence-electron chi connectivity index (χ0n) is 13.0. The van der Waals surface area contributed by atoms with E-state index in [2.05, 4.69) is 30.8 Å². The Morgan fingerprint density at radius 1 is 1.22 bits per heavy atom. The van der Waals surface area contributed by atoms with E-state index in [1.807, 2.05) is 18.3 Å². The standard InChI is InChI=1S/C17H19BrN4O/c18-16-5-4-13(23-16)11-22-8-6-14-12(10-22)9-20-17(21-14)15-3-1-2-7-19-15/h4-5,9H,1-3,6-8,10-11H2. The lowest BCUT2D eigenvalue weighted by Gasteiger charge is -2.27. The molecule has 2 aromatic heterocycles. The molecule has 23 heavy (non-hydrogen) atoms. The van der Waals surface area contributed by atoms with E-state index in [9.17, 15) is 0 Å². The summed E-state index contributed by atoms with van der Waals surface area (Å²) < 4.78 is 6.38. The van der Waals surface area contributed by atoms with Crippen molar-refractivity contribution in [3.8, 4) is 0 Å². The Hall–Kier alpha value is -1.53. The van der Waals surface area contributed by atoms with Crippen molar-refractivity contribution in [1.29, 1.82) is 0 Å². The molecule has 0 saturated carbocycles. The van der Waals surface area contributed by atoms with Crippen molar-refractivity contribution in [3.63, 3.8) is 0 Å². The summed E-state index contributed by atoms with van der Waals surface area (Å²) >= 11 is 3.35. The molecular formula is C17H19BrN4O. The SMILES string of the molecule is Brc1ccc(CN2CCc3nc(C4=NCCCC4)ncc3C2)o1. The van der Waals surface area contributed by atoms with Crippen LogP contribution < -0.4 is 0 Å². The van der Waals surface area contributed by atoms with E-state index < -0.39 is 0 Å². The van der Waals surface area contributed by atoms with Crippen molar-refractivity contribution < 1.29 is 4.42 Å². The van der Waals surface area contributed by atoms with Gasteiger partial charge in [0.2, 0.25) is 0 Å². The lowest BCUT2D eigenvalue weighted by Crippen LogP contribution is -2.31. The lowest BCUT2D eigenvalue weighted by atomic mass is 10.1. The normalized spacial score (nSPS) is 18.6. The van der Waals surface area contributed by atoms with Crippen molar-refractivity contribution in [2.75, 3.05) is 13.1 Å². The van der Waals surface area contributed by atoms with E-state index in [4.69, 9.17) is 9.40 Å². The summed E-state index contributed by atoms with van der Waals surface area (Å²) in [7, 11) is 0. The highest BCUT2D eigenvalue weighted by Gasteiger charge is 2.21. The summed E-state index contributed by atoms with van der Waals surface area (Å²) in [5.41, 5.74) is 3.49. The molecule has 0 saturated heterocycles. The van der Waals surface area contributed by atoms with Crippen molar-refractivity contribution >= 4 is 21.6 Å². The van der Waals surface area contributed by atoms with Crippen LogP contribution in [0.5, 0.6) is 0 Å². The molecule has 0 N–H and O–H groups in total. The second-order valence-electron chi connectivity index (χ2n) is 6.12. The molecule has 0 unspecified atom stereocenters. The minimum absolute atomic E-state index is 0.783. The van der Waals surface area contributed by atoms with Crippen LogP contribution in [0, 0.1) is 0 Å². The van der Waals surface area contributed by atoms with Crippen LogP contribution in [0.3, 0.4) is 0 Å². The Morgan fingerprint density at radius 2 is 2.17 bits per heavy atom. The van der Waals surface area contributed by atoms with E-state index in [1.165, 1.54) is 24.1 Å². The number of furan rings is 1. The Labute approximate surface area is 144 Å². The number of aliphatic imine (C=N–C) groups is 1. The molecule has 4 rings (SSSR count). The molecule has 0 bridgehead atoms. The minimum Gasteiger partial charge on any atom is -0.453 e. The van der Waals surface area contributed by atoms with Crippen LogP contribution in [0.2, 0.25) is 0 Å². The number of nitrogens with zero attached hydrogens (tertiary/aromatic N) is 4. The fraction of sp³-hybridized carbons (Fsp3) is 0.471. The molecule has 0 aromatic carbocycles. The fourth-order valence-electron chi connectivity index (χ4n) is 3.19. The number of hydrogen-bond acceptors (Lipinski definition) is 5. The first-order valence-corrected chi connectivity index (χ1v) is 8.92. The van der Waals surface area contributed by atoms with E-state index in [0.29, 0.717) is 0 Å². The molecule has 0 atom stereocenters. The van der Waals surface area contributed by atoms with Gasteiger partial charge in [0, 0.05) is 37.8 Å². The highest BCUT2D eigenvalue weighted by Crippen LogP contribution is 2.21. The predicted octanol–water partition coefficient (Wildman–Crippen LogP) is 3.36. The first-order valence-electron chi connectivity index (χ1n) is 8.13. The Bertz CT molecular complexity index is 740. The molecule has 6 heteroatoms. The Balaban J connectivity index is 1.48. The molecule has 2 aromatic rings. The van der Waals surface area contributed by atoms with Crippen LogP contribution in [0.1, 0.15) is 42.1 Å². The van der Waals surface area contributed by atoms with Crippen LogP contribution in [0.25, 0.3) is 0 Å². The average Bonchev–Trinajstić information content (AvgIpc) is 3.00. The third kappa shape index (κ3) is 3.38. The molecule has 2 aliphatic rings. The van der Waals surface area contributed by atoms with Crippen LogP contribution in [0.15, 0.2) is 32.4 Å². The second kappa shape index (κ2) is 6.53. The van der Waals surface area contributed by atoms with Gasteiger partial charge in [-0.1, -0.05) is 0 Å². The largest absolute Gasteiger partial charge is 0.453 e. The molecule has 0 fully saturated rings. The highest BCUT2D eigenvalue weighted by molar-refractivity contribution is 9.10. The van der Waals surface area contributed by atoms with Gasteiger partial charge in [-0.2, -0.15) is 0 Å².